The Balaban J connectivity index is 1.92. The highest BCUT2D eigenvalue weighted by atomic mass is 32.2. The van der Waals surface area contributed by atoms with E-state index in [1.54, 1.807) is 30.3 Å². The fraction of sp³-hybridized carbons (Fsp3) is 0.381. The first-order valence-electron chi connectivity index (χ1n) is 9.34. The van der Waals surface area contributed by atoms with Crippen LogP contribution in [0, 0.1) is 5.82 Å². The highest BCUT2D eigenvalue weighted by Gasteiger charge is 2.23. The molecule has 29 heavy (non-hydrogen) atoms. The first-order chi connectivity index (χ1) is 13.7. The Morgan fingerprint density at radius 3 is 2.45 bits per heavy atom. The predicted molar refractivity (Wildman–Crippen MR) is 118 cm³/mol. The van der Waals surface area contributed by atoms with E-state index in [2.05, 4.69) is 5.32 Å². The molecular weight excluding hydrogens is 411 g/mol. The normalized spacial score (nSPS) is 11.5. The monoisotopic (exact) mass is 438 g/mol. The summed E-state index contributed by atoms with van der Waals surface area (Å²) in [6.45, 7) is 4.06. The number of amides is 1. The van der Waals surface area contributed by atoms with Gasteiger partial charge in [-0.3, -0.25) is 9.10 Å². The van der Waals surface area contributed by atoms with Gasteiger partial charge in [0, 0.05) is 18.1 Å². The van der Waals surface area contributed by atoms with Gasteiger partial charge in [-0.15, -0.1) is 0 Å². The zero-order valence-electron chi connectivity index (χ0n) is 16.9. The molecule has 0 aliphatic carbocycles. The number of sulfonamides is 1. The van der Waals surface area contributed by atoms with Gasteiger partial charge < -0.3 is 5.32 Å². The summed E-state index contributed by atoms with van der Waals surface area (Å²) in [6, 6.07) is 13.8. The highest BCUT2D eigenvalue weighted by Crippen LogP contribution is 2.28. The molecule has 0 aliphatic rings. The quantitative estimate of drug-likeness (QED) is 0.574. The Hall–Kier alpha value is -2.06. The van der Waals surface area contributed by atoms with Gasteiger partial charge in [0.1, 0.15) is 12.4 Å². The summed E-state index contributed by atoms with van der Waals surface area (Å²) in [4.78, 5) is 12.4. The van der Waals surface area contributed by atoms with Crippen molar-refractivity contribution in [3.05, 3.63) is 65.5 Å². The van der Waals surface area contributed by atoms with E-state index < -0.39 is 10.0 Å². The van der Waals surface area contributed by atoms with Gasteiger partial charge in [-0.2, -0.15) is 11.8 Å². The number of nitrogens with one attached hydrogen (secondary N) is 1. The van der Waals surface area contributed by atoms with E-state index >= 15 is 0 Å². The number of carbonyl (C=O) groups is 1. The third kappa shape index (κ3) is 7.04. The van der Waals surface area contributed by atoms with Gasteiger partial charge in [-0.1, -0.05) is 50.2 Å². The lowest BCUT2D eigenvalue weighted by atomic mass is 10.0. The number of carbonyl (C=O) groups excluding carboxylic acids is 1. The number of thioether (sulfide) groups is 1. The summed E-state index contributed by atoms with van der Waals surface area (Å²) in [6.07, 6.45) is 1.10. The highest BCUT2D eigenvalue weighted by molar-refractivity contribution is 7.98. The smallest absolute Gasteiger partial charge is 0.240 e. The lowest BCUT2D eigenvalue weighted by Gasteiger charge is -2.25. The maximum atomic E-state index is 13.6. The molecule has 0 bridgehead atoms. The average molecular weight is 439 g/mol. The van der Waals surface area contributed by atoms with E-state index in [1.807, 2.05) is 26.0 Å². The molecule has 2 rings (SSSR count). The molecule has 8 heteroatoms. The van der Waals surface area contributed by atoms with Crippen molar-refractivity contribution in [1.29, 1.82) is 0 Å². The molecule has 0 radical (unpaired) electrons. The zero-order valence-corrected chi connectivity index (χ0v) is 18.5. The number of hydrogen-bond donors (Lipinski definition) is 1. The summed E-state index contributed by atoms with van der Waals surface area (Å²) in [7, 11) is -3.62. The first-order valence-corrected chi connectivity index (χ1v) is 12.3. The van der Waals surface area contributed by atoms with Crippen molar-refractivity contribution >= 4 is 33.4 Å². The Labute approximate surface area is 176 Å². The maximum Gasteiger partial charge on any atom is 0.240 e. The second-order valence-electron chi connectivity index (χ2n) is 6.98. The SMILES string of the molecule is CC(C)c1ccccc1N(CC(=O)NCCSCc1ccccc1F)S(C)(=O)=O. The standard InChI is InChI=1S/C21H27FN2O3S2/c1-16(2)18-9-5-7-11-20(18)24(29(3,26)27)14-21(25)23-12-13-28-15-17-8-4-6-10-19(17)22/h4-11,16H,12-15H2,1-3H3,(H,23,25). The van der Waals surface area contributed by atoms with Crippen LogP contribution in [0.1, 0.15) is 30.9 Å². The van der Waals surface area contributed by atoms with Gasteiger partial charge in [0.05, 0.1) is 11.9 Å². The van der Waals surface area contributed by atoms with E-state index in [1.165, 1.54) is 17.8 Å². The van der Waals surface area contributed by atoms with Crippen LogP contribution in [0.2, 0.25) is 0 Å². The second kappa shape index (κ2) is 10.6. The van der Waals surface area contributed by atoms with Crippen LogP contribution in [-0.2, 0) is 20.6 Å². The molecule has 0 aliphatic heterocycles. The fourth-order valence-electron chi connectivity index (χ4n) is 2.83. The molecule has 5 nitrogen and oxygen atoms in total. The molecule has 0 aromatic heterocycles. The number of halogens is 1. The lowest BCUT2D eigenvalue weighted by Crippen LogP contribution is -2.41. The van der Waals surface area contributed by atoms with Crippen LogP contribution in [0.4, 0.5) is 10.1 Å². The Kier molecular flexibility index (Phi) is 8.52. The van der Waals surface area contributed by atoms with Crippen LogP contribution < -0.4 is 9.62 Å². The second-order valence-corrected chi connectivity index (χ2v) is 9.99. The van der Waals surface area contributed by atoms with Crippen LogP contribution in [-0.4, -0.2) is 39.4 Å². The third-order valence-corrected chi connectivity index (χ3v) is 6.43. The molecule has 2 aromatic rings. The number of rotatable bonds is 10. The van der Waals surface area contributed by atoms with Gasteiger partial charge in [-0.25, -0.2) is 12.8 Å². The van der Waals surface area contributed by atoms with E-state index in [-0.39, 0.29) is 24.2 Å². The fourth-order valence-corrected chi connectivity index (χ4v) is 4.55. The van der Waals surface area contributed by atoms with E-state index in [9.17, 15) is 17.6 Å². The summed E-state index contributed by atoms with van der Waals surface area (Å²) in [5.41, 5.74) is 2.01. The molecule has 0 fully saturated rings. The molecule has 0 spiro atoms. The van der Waals surface area contributed by atoms with Gasteiger partial charge in [0.2, 0.25) is 15.9 Å². The molecule has 2 aromatic carbocycles. The molecule has 0 unspecified atom stereocenters. The minimum Gasteiger partial charge on any atom is -0.354 e. The largest absolute Gasteiger partial charge is 0.354 e. The summed E-state index contributed by atoms with van der Waals surface area (Å²) < 4.78 is 39.4. The minimum atomic E-state index is -3.62. The maximum absolute atomic E-state index is 13.6. The summed E-state index contributed by atoms with van der Waals surface area (Å²) in [5.74, 6) is 0.617. The Morgan fingerprint density at radius 2 is 1.79 bits per heavy atom. The summed E-state index contributed by atoms with van der Waals surface area (Å²) >= 11 is 1.50. The number of hydrogen-bond acceptors (Lipinski definition) is 4. The molecule has 1 N–H and O–H groups in total. The van der Waals surface area contributed by atoms with Gasteiger partial charge in [-0.05, 0) is 29.2 Å². The van der Waals surface area contributed by atoms with Crippen molar-refractivity contribution in [2.45, 2.75) is 25.5 Å². The Morgan fingerprint density at radius 1 is 1.14 bits per heavy atom. The van der Waals surface area contributed by atoms with E-state index in [0.29, 0.717) is 29.3 Å². The number of benzene rings is 2. The number of nitrogens with zero attached hydrogens (tertiary/aromatic N) is 1. The molecule has 0 heterocycles. The lowest BCUT2D eigenvalue weighted by molar-refractivity contribution is -0.119. The van der Waals surface area contributed by atoms with Gasteiger partial charge in [0.15, 0.2) is 0 Å². The van der Waals surface area contributed by atoms with Crippen LogP contribution in [0.3, 0.4) is 0 Å². The van der Waals surface area contributed by atoms with Crippen molar-refractivity contribution in [3.63, 3.8) is 0 Å². The summed E-state index contributed by atoms with van der Waals surface area (Å²) in [5, 5.41) is 2.74. The van der Waals surface area contributed by atoms with Crippen LogP contribution in [0.25, 0.3) is 0 Å². The minimum absolute atomic E-state index is 0.119. The van der Waals surface area contributed by atoms with E-state index in [0.717, 1.165) is 16.1 Å². The predicted octanol–water partition coefficient (Wildman–Crippen LogP) is 3.76. The van der Waals surface area contributed by atoms with E-state index in [4.69, 9.17) is 0 Å². The first kappa shape index (κ1) is 23.2. The molecule has 158 valence electrons. The van der Waals surface area contributed by atoms with Crippen molar-refractivity contribution < 1.29 is 17.6 Å². The Bertz CT molecular complexity index is 933. The molecular formula is C21H27FN2O3S2. The van der Waals surface area contributed by atoms with Crippen molar-refractivity contribution in [2.75, 3.05) is 29.4 Å². The van der Waals surface area contributed by atoms with Crippen LogP contribution >= 0.6 is 11.8 Å². The van der Waals surface area contributed by atoms with Crippen LogP contribution in [0.5, 0.6) is 0 Å². The zero-order chi connectivity index (χ0) is 21.4. The van der Waals surface area contributed by atoms with Crippen molar-refractivity contribution in [1.82, 2.24) is 5.32 Å². The topological polar surface area (TPSA) is 66.5 Å². The molecule has 0 saturated carbocycles. The number of anilines is 1. The van der Waals surface area contributed by atoms with Gasteiger partial charge in [0.25, 0.3) is 0 Å². The molecule has 0 atom stereocenters. The molecule has 1 amide bonds. The average Bonchev–Trinajstić information content (AvgIpc) is 2.66. The van der Waals surface area contributed by atoms with Crippen molar-refractivity contribution in [2.24, 2.45) is 0 Å². The van der Waals surface area contributed by atoms with Crippen molar-refractivity contribution in [3.8, 4) is 0 Å². The van der Waals surface area contributed by atoms with Gasteiger partial charge >= 0.3 is 0 Å². The molecule has 0 saturated heterocycles. The van der Waals surface area contributed by atoms with Crippen LogP contribution in [0.15, 0.2) is 48.5 Å². The number of para-hydroxylation sites is 1. The third-order valence-electron chi connectivity index (χ3n) is 4.30.